The van der Waals surface area contributed by atoms with Crippen LogP contribution < -0.4 is 5.73 Å². The maximum Gasteiger partial charge on any atom is 0.0758 e. The van der Waals surface area contributed by atoms with Crippen molar-refractivity contribution in [3.8, 4) is 0 Å². The molecule has 1 atom stereocenters. The van der Waals surface area contributed by atoms with Gasteiger partial charge in [0.2, 0.25) is 0 Å². The molecular formula is C10H14Cl2N2. The lowest BCUT2D eigenvalue weighted by Gasteiger charge is -2.14. The van der Waals surface area contributed by atoms with Crippen LogP contribution in [0.2, 0.25) is 10.0 Å². The Kier molecular flexibility index (Phi) is 4.17. The molecule has 1 aromatic rings. The summed E-state index contributed by atoms with van der Waals surface area (Å²) < 4.78 is 0. The van der Waals surface area contributed by atoms with Gasteiger partial charge in [-0.3, -0.25) is 4.98 Å². The van der Waals surface area contributed by atoms with Gasteiger partial charge in [-0.05, 0) is 18.4 Å². The molecule has 0 saturated heterocycles. The normalized spacial score (nSPS) is 13.3. The predicted octanol–water partition coefficient (Wildman–Crippen LogP) is 3.43. The number of nitrogens with zero attached hydrogens (tertiary/aromatic N) is 1. The Morgan fingerprint density at radius 2 is 2.07 bits per heavy atom. The minimum absolute atomic E-state index is 0.111. The second-order valence-electron chi connectivity index (χ2n) is 3.76. The number of nitrogens with two attached hydrogens (primary N) is 1. The van der Waals surface area contributed by atoms with Gasteiger partial charge in [0.15, 0.2) is 0 Å². The number of aromatic nitrogens is 1. The summed E-state index contributed by atoms with van der Waals surface area (Å²) in [6, 6.07) is 1.56. The molecule has 0 fully saturated rings. The van der Waals surface area contributed by atoms with E-state index in [0.29, 0.717) is 16.0 Å². The molecule has 2 N–H and O–H groups in total. The number of halogens is 2. The molecule has 0 aliphatic heterocycles. The van der Waals surface area contributed by atoms with Gasteiger partial charge < -0.3 is 5.73 Å². The standard InChI is InChI=1S/C10H14Cl2N2/c1-6(2)3-9(13)10-8(12)4-7(11)5-14-10/h4-6,9H,3,13H2,1-2H3. The van der Waals surface area contributed by atoms with Crippen molar-refractivity contribution in [2.24, 2.45) is 11.7 Å². The zero-order valence-corrected chi connectivity index (χ0v) is 9.81. The summed E-state index contributed by atoms with van der Waals surface area (Å²) >= 11 is 11.7. The van der Waals surface area contributed by atoms with Crippen molar-refractivity contribution in [3.63, 3.8) is 0 Å². The first-order chi connectivity index (χ1) is 6.50. The second kappa shape index (κ2) is 4.96. The van der Waals surface area contributed by atoms with Gasteiger partial charge in [0.1, 0.15) is 0 Å². The summed E-state index contributed by atoms with van der Waals surface area (Å²) in [6.45, 7) is 4.23. The van der Waals surface area contributed by atoms with Crippen molar-refractivity contribution in [1.82, 2.24) is 4.98 Å². The minimum Gasteiger partial charge on any atom is -0.323 e. The number of pyridine rings is 1. The molecule has 0 aliphatic carbocycles. The molecule has 1 rings (SSSR count). The lowest BCUT2D eigenvalue weighted by molar-refractivity contribution is 0.502. The first kappa shape index (κ1) is 11.8. The Balaban J connectivity index is 2.84. The van der Waals surface area contributed by atoms with E-state index in [-0.39, 0.29) is 6.04 Å². The van der Waals surface area contributed by atoms with Crippen molar-refractivity contribution >= 4 is 23.2 Å². The molecule has 0 aliphatic rings. The van der Waals surface area contributed by atoms with Crippen LogP contribution in [0.1, 0.15) is 32.0 Å². The van der Waals surface area contributed by atoms with E-state index < -0.39 is 0 Å². The number of hydrogen-bond donors (Lipinski definition) is 1. The monoisotopic (exact) mass is 232 g/mol. The van der Waals surface area contributed by atoms with Gasteiger partial charge in [0, 0.05) is 12.2 Å². The van der Waals surface area contributed by atoms with Gasteiger partial charge in [0.05, 0.1) is 15.7 Å². The zero-order valence-electron chi connectivity index (χ0n) is 8.30. The van der Waals surface area contributed by atoms with Crippen LogP contribution in [-0.2, 0) is 0 Å². The van der Waals surface area contributed by atoms with E-state index in [4.69, 9.17) is 28.9 Å². The van der Waals surface area contributed by atoms with Crippen LogP contribution in [0, 0.1) is 5.92 Å². The zero-order chi connectivity index (χ0) is 10.7. The van der Waals surface area contributed by atoms with Gasteiger partial charge in [-0.2, -0.15) is 0 Å². The molecule has 2 nitrogen and oxygen atoms in total. The van der Waals surface area contributed by atoms with Crippen molar-refractivity contribution in [2.45, 2.75) is 26.3 Å². The van der Waals surface area contributed by atoms with Gasteiger partial charge in [-0.1, -0.05) is 37.0 Å². The van der Waals surface area contributed by atoms with Crippen LogP contribution in [0.15, 0.2) is 12.3 Å². The smallest absolute Gasteiger partial charge is 0.0758 e. The van der Waals surface area contributed by atoms with E-state index in [1.165, 1.54) is 0 Å². The van der Waals surface area contributed by atoms with E-state index >= 15 is 0 Å². The highest BCUT2D eigenvalue weighted by Crippen LogP contribution is 2.25. The highest BCUT2D eigenvalue weighted by molar-refractivity contribution is 6.34. The molecule has 4 heteroatoms. The summed E-state index contributed by atoms with van der Waals surface area (Å²) in [7, 11) is 0. The van der Waals surface area contributed by atoms with Crippen molar-refractivity contribution in [1.29, 1.82) is 0 Å². The molecule has 1 aromatic heterocycles. The fourth-order valence-corrected chi connectivity index (χ4v) is 1.84. The Morgan fingerprint density at radius 1 is 1.43 bits per heavy atom. The summed E-state index contributed by atoms with van der Waals surface area (Å²) in [5, 5.41) is 1.08. The Bertz CT molecular complexity index is 313. The highest BCUT2D eigenvalue weighted by atomic mass is 35.5. The molecule has 14 heavy (non-hydrogen) atoms. The van der Waals surface area contributed by atoms with E-state index in [1.54, 1.807) is 12.3 Å². The first-order valence-electron chi connectivity index (χ1n) is 4.57. The fourth-order valence-electron chi connectivity index (χ4n) is 1.32. The van der Waals surface area contributed by atoms with Crippen LogP contribution in [0.5, 0.6) is 0 Å². The largest absolute Gasteiger partial charge is 0.323 e. The summed E-state index contributed by atoms with van der Waals surface area (Å²) in [6.07, 6.45) is 2.44. The predicted molar refractivity (Wildman–Crippen MR) is 60.6 cm³/mol. The van der Waals surface area contributed by atoms with Crippen LogP contribution in [0.4, 0.5) is 0 Å². The summed E-state index contributed by atoms with van der Waals surface area (Å²) in [5.74, 6) is 0.526. The third-order valence-electron chi connectivity index (χ3n) is 1.91. The third kappa shape index (κ3) is 3.12. The van der Waals surface area contributed by atoms with Crippen LogP contribution in [0.25, 0.3) is 0 Å². The third-order valence-corrected chi connectivity index (χ3v) is 2.42. The summed E-state index contributed by atoms with van der Waals surface area (Å²) in [4.78, 5) is 4.14. The second-order valence-corrected chi connectivity index (χ2v) is 4.60. The van der Waals surface area contributed by atoms with Crippen molar-refractivity contribution in [3.05, 3.63) is 28.0 Å². The SMILES string of the molecule is CC(C)CC(N)c1ncc(Cl)cc1Cl. The molecule has 0 aromatic carbocycles. The van der Waals surface area contributed by atoms with Crippen LogP contribution in [-0.4, -0.2) is 4.98 Å². The fraction of sp³-hybridized carbons (Fsp3) is 0.500. The molecule has 78 valence electrons. The highest BCUT2D eigenvalue weighted by Gasteiger charge is 2.13. The van der Waals surface area contributed by atoms with Gasteiger partial charge in [0.25, 0.3) is 0 Å². The number of hydrogen-bond acceptors (Lipinski definition) is 2. The molecule has 0 saturated carbocycles. The van der Waals surface area contributed by atoms with Gasteiger partial charge >= 0.3 is 0 Å². The minimum atomic E-state index is -0.111. The molecule has 0 bridgehead atoms. The van der Waals surface area contributed by atoms with Gasteiger partial charge in [-0.25, -0.2) is 0 Å². The molecule has 0 amide bonds. The van der Waals surface area contributed by atoms with Crippen molar-refractivity contribution < 1.29 is 0 Å². The Hall–Kier alpha value is -0.310. The van der Waals surface area contributed by atoms with Crippen molar-refractivity contribution in [2.75, 3.05) is 0 Å². The average Bonchev–Trinajstić information content (AvgIpc) is 2.01. The van der Waals surface area contributed by atoms with E-state index in [0.717, 1.165) is 12.1 Å². The average molecular weight is 233 g/mol. The Morgan fingerprint density at radius 3 is 2.57 bits per heavy atom. The molecule has 1 unspecified atom stereocenters. The molecule has 1 heterocycles. The first-order valence-corrected chi connectivity index (χ1v) is 5.32. The quantitative estimate of drug-likeness (QED) is 0.868. The van der Waals surface area contributed by atoms with E-state index in [2.05, 4.69) is 18.8 Å². The van der Waals surface area contributed by atoms with Crippen LogP contribution in [0.3, 0.4) is 0 Å². The lowest BCUT2D eigenvalue weighted by atomic mass is 10.0. The topological polar surface area (TPSA) is 38.9 Å². The van der Waals surface area contributed by atoms with Gasteiger partial charge in [-0.15, -0.1) is 0 Å². The molecule has 0 radical (unpaired) electrons. The molecule has 0 spiro atoms. The maximum absolute atomic E-state index is 5.98. The van der Waals surface area contributed by atoms with E-state index in [9.17, 15) is 0 Å². The van der Waals surface area contributed by atoms with Crippen LogP contribution >= 0.6 is 23.2 Å². The Labute approximate surface area is 94.4 Å². The summed E-state index contributed by atoms with van der Waals surface area (Å²) in [5.41, 5.74) is 6.68. The molecular weight excluding hydrogens is 219 g/mol. The number of rotatable bonds is 3. The van der Waals surface area contributed by atoms with E-state index in [1.807, 2.05) is 0 Å². The lowest BCUT2D eigenvalue weighted by Crippen LogP contribution is -2.14. The maximum atomic E-state index is 5.98.